The number of amides is 2. The summed E-state index contributed by atoms with van der Waals surface area (Å²) in [7, 11) is 0. The molecule has 0 bridgehead atoms. The summed E-state index contributed by atoms with van der Waals surface area (Å²) >= 11 is 3.13. The molecule has 1 aliphatic rings. The summed E-state index contributed by atoms with van der Waals surface area (Å²) in [6.45, 7) is 5.01. The van der Waals surface area contributed by atoms with E-state index in [2.05, 4.69) is 15.9 Å². The van der Waals surface area contributed by atoms with Crippen molar-refractivity contribution in [3.05, 3.63) is 0 Å². The maximum Gasteiger partial charge on any atom is 0.312 e. The topological polar surface area (TPSA) is 60.9 Å². The Hall–Kier alpha value is -0.620. The van der Waals surface area contributed by atoms with Gasteiger partial charge in [0.05, 0.1) is 6.10 Å². The summed E-state index contributed by atoms with van der Waals surface area (Å²) in [4.78, 5) is 26.4. The van der Waals surface area contributed by atoms with Crippen molar-refractivity contribution in [3.8, 4) is 0 Å². The largest absolute Gasteiger partial charge is 0.390 e. The number of aliphatic hydroxyl groups is 1. The number of halogens is 1. The van der Waals surface area contributed by atoms with E-state index in [1.165, 1.54) is 4.90 Å². The van der Waals surface area contributed by atoms with Gasteiger partial charge in [0.25, 0.3) is 0 Å². The molecule has 1 heterocycles. The second-order valence-corrected chi connectivity index (χ2v) is 4.80. The molecule has 1 atom stereocenters. The third-order valence-corrected chi connectivity index (χ3v) is 3.32. The maximum atomic E-state index is 11.7. The lowest BCUT2D eigenvalue weighted by atomic mass is 10.2. The number of rotatable bonds is 4. The fourth-order valence-electron chi connectivity index (χ4n) is 1.66. The van der Waals surface area contributed by atoms with E-state index in [0.717, 1.165) is 0 Å². The first-order valence-corrected chi connectivity index (χ1v) is 6.43. The van der Waals surface area contributed by atoms with Crippen molar-refractivity contribution in [2.75, 3.05) is 25.0 Å². The van der Waals surface area contributed by atoms with E-state index in [1.54, 1.807) is 4.90 Å². The summed E-state index contributed by atoms with van der Waals surface area (Å²) in [6, 6.07) is 0.0414. The van der Waals surface area contributed by atoms with Gasteiger partial charge in [0.2, 0.25) is 0 Å². The Bertz CT molecular complexity index is 283. The number of β-amino-alcohol motifs (C(OH)–C–C–N with tert-alkyl or cyclic N) is 1. The van der Waals surface area contributed by atoms with Crippen molar-refractivity contribution in [1.82, 2.24) is 9.80 Å². The quantitative estimate of drug-likeness (QED) is 0.578. The first-order chi connectivity index (χ1) is 7.47. The summed E-state index contributed by atoms with van der Waals surface area (Å²) in [5.41, 5.74) is 0. The molecule has 0 aromatic heterocycles. The van der Waals surface area contributed by atoms with Crippen molar-refractivity contribution in [2.24, 2.45) is 0 Å². The van der Waals surface area contributed by atoms with Gasteiger partial charge in [0.1, 0.15) is 0 Å². The molecule has 0 spiro atoms. The SMILES string of the molecule is CC(C)N1CCN(CC(O)CBr)C(=O)C1=O. The van der Waals surface area contributed by atoms with Crippen LogP contribution in [0.4, 0.5) is 0 Å². The Morgan fingerprint density at radius 1 is 1.31 bits per heavy atom. The molecule has 0 aromatic carbocycles. The molecule has 1 fully saturated rings. The second kappa shape index (κ2) is 5.63. The molecule has 2 amide bonds. The number of carbonyl (C=O) groups is 2. The Balaban J connectivity index is 2.62. The molecule has 0 aliphatic carbocycles. The molecule has 6 heteroatoms. The van der Waals surface area contributed by atoms with Gasteiger partial charge < -0.3 is 14.9 Å². The highest BCUT2D eigenvalue weighted by Gasteiger charge is 2.34. The number of hydrogen-bond acceptors (Lipinski definition) is 3. The van der Waals surface area contributed by atoms with E-state index in [9.17, 15) is 14.7 Å². The predicted molar refractivity (Wildman–Crippen MR) is 63.2 cm³/mol. The molecular weight excluding hydrogens is 276 g/mol. The van der Waals surface area contributed by atoms with E-state index in [1.807, 2.05) is 13.8 Å². The highest BCUT2D eigenvalue weighted by atomic mass is 79.9. The van der Waals surface area contributed by atoms with Crippen LogP contribution < -0.4 is 0 Å². The molecular formula is C10H17BrN2O3. The molecule has 0 radical (unpaired) electrons. The van der Waals surface area contributed by atoms with Crippen molar-refractivity contribution in [2.45, 2.75) is 26.0 Å². The minimum Gasteiger partial charge on any atom is -0.390 e. The summed E-state index contributed by atoms with van der Waals surface area (Å²) in [5.74, 6) is -0.983. The van der Waals surface area contributed by atoms with E-state index in [4.69, 9.17) is 0 Å². The number of aliphatic hydroxyl groups excluding tert-OH is 1. The van der Waals surface area contributed by atoms with Crippen LogP contribution in [0.2, 0.25) is 0 Å². The Morgan fingerprint density at radius 2 is 1.94 bits per heavy atom. The average molecular weight is 293 g/mol. The van der Waals surface area contributed by atoms with Crippen molar-refractivity contribution >= 4 is 27.7 Å². The summed E-state index contributed by atoms with van der Waals surface area (Å²) in [5, 5.41) is 9.83. The zero-order valence-electron chi connectivity index (χ0n) is 9.52. The van der Waals surface area contributed by atoms with E-state index < -0.39 is 17.9 Å². The molecule has 0 aromatic rings. The van der Waals surface area contributed by atoms with Gasteiger partial charge in [0.15, 0.2) is 0 Å². The average Bonchev–Trinajstić information content (AvgIpc) is 2.24. The molecule has 16 heavy (non-hydrogen) atoms. The van der Waals surface area contributed by atoms with Gasteiger partial charge in [0, 0.05) is 31.0 Å². The van der Waals surface area contributed by atoms with E-state index in [0.29, 0.717) is 18.4 Å². The van der Waals surface area contributed by atoms with Gasteiger partial charge in [-0.2, -0.15) is 0 Å². The fourth-order valence-corrected chi connectivity index (χ4v) is 1.86. The lowest BCUT2D eigenvalue weighted by Crippen LogP contribution is -2.57. The minimum absolute atomic E-state index is 0.0414. The number of alkyl halides is 1. The molecule has 1 unspecified atom stereocenters. The number of carbonyl (C=O) groups excluding carboxylic acids is 2. The van der Waals surface area contributed by atoms with Gasteiger partial charge in [-0.25, -0.2) is 0 Å². The van der Waals surface area contributed by atoms with Crippen LogP contribution in [0.1, 0.15) is 13.8 Å². The number of nitrogens with zero attached hydrogens (tertiary/aromatic N) is 2. The van der Waals surface area contributed by atoms with Crippen molar-refractivity contribution in [3.63, 3.8) is 0 Å². The highest BCUT2D eigenvalue weighted by molar-refractivity contribution is 9.09. The highest BCUT2D eigenvalue weighted by Crippen LogP contribution is 2.09. The first kappa shape index (κ1) is 13.4. The molecule has 5 nitrogen and oxygen atoms in total. The van der Waals surface area contributed by atoms with Gasteiger partial charge in [-0.15, -0.1) is 0 Å². The number of piperazine rings is 1. The second-order valence-electron chi connectivity index (χ2n) is 4.15. The third kappa shape index (κ3) is 2.95. The van der Waals surface area contributed by atoms with Crippen LogP contribution in [-0.4, -0.2) is 63.8 Å². The lowest BCUT2D eigenvalue weighted by Gasteiger charge is -2.36. The molecule has 92 valence electrons. The first-order valence-electron chi connectivity index (χ1n) is 5.31. The molecule has 1 saturated heterocycles. The normalized spacial score (nSPS) is 19.6. The Morgan fingerprint density at radius 3 is 2.44 bits per heavy atom. The minimum atomic E-state index is -0.623. The predicted octanol–water partition coefficient (Wildman–Crippen LogP) is -0.179. The van der Waals surface area contributed by atoms with Crippen LogP contribution >= 0.6 is 15.9 Å². The lowest BCUT2D eigenvalue weighted by molar-refractivity contribution is -0.158. The number of hydrogen-bond donors (Lipinski definition) is 1. The van der Waals surface area contributed by atoms with Gasteiger partial charge in [-0.1, -0.05) is 15.9 Å². The molecule has 1 N–H and O–H groups in total. The fraction of sp³-hybridized carbons (Fsp3) is 0.800. The van der Waals surface area contributed by atoms with E-state index in [-0.39, 0.29) is 12.6 Å². The van der Waals surface area contributed by atoms with Crippen LogP contribution in [0.5, 0.6) is 0 Å². The van der Waals surface area contributed by atoms with Gasteiger partial charge in [-0.3, -0.25) is 9.59 Å². The zero-order chi connectivity index (χ0) is 12.3. The molecule has 1 aliphatic heterocycles. The third-order valence-electron chi connectivity index (χ3n) is 2.57. The standard InChI is InChI=1S/C10H17BrN2O3/c1-7(2)13-4-3-12(6-8(14)5-11)9(15)10(13)16/h7-8,14H,3-6H2,1-2H3. The summed E-state index contributed by atoms with van der Waals surface area (Å²) in [6.07, 6.45) is -0.623. The van der Waals surface area contributed by atoms with Crippen molar-refractivity contribution < 1.29 is 14.7 Å². The van der Waals surface area contributed by atoms with E-state index >= 15 is 0 Å². The Labute approximate surface area is 104 Å². The van der Waals surface area contributed by atoms with Gasteiger partial charge >= 0.3 is 11.8 Å². The van der Waals surface area contributed by atoms with Crippen LogP contribution in [0.25, 0.3) is 0 Å². The van der Waals surface area contributed by atoms with Crippen molar-refractivity contribution in [1.29, 1.82) is 0 Å². The smallest absolute Gasteiger partial charge is 0.312 e. The van der Waals surface area contributed by atoms with Crippen LogP contribution in [0.3, 0.4) is 0 Å². The molecule has 1 rings (SSSR count). The van der Waals surface area contributed by atoms with Gasteiger partial charge in [-0.05, 0) is 13.8 Å². The Kier molecular flexibility index (Phi) is 4.73. The van der Waals surface area contributed by atoms with Crippen LogP contribution in [0, 0.1) is 0 Å². The zero-order valence-corrected chi connectivity index (χ0v) is 11.1. The summed E-state index contributed by atoms with van der Waals surface area (Å²) < 4.78 is 0. The molecule has 0 saturated carbocycles. The van der Waals surface area contributed by atoms with Crippen LogP contribution in [0.15, 0.2) is 0 Å². The maximum absolute atomic E-state index is 11.7. The van der Waals surface area contributed by atoms with Crippen LogP contribution in [-0.2, 0) is 9.59 Å². The monoisotopic (exact) mass is 292 g/mol.